The zero-order chi connectivity index (χ0) is 29.0. The van der Waals surface area contributed by atoms with Gasteiger partial charge in [-0.05, 0) is 51.8 Å². The van der Waals surface area contributed by atoms with Crippen LogP contribution in [0.25, 0.3) is 65.4 Å². The molecule has 0 saturated heterocycles. The van der Waals surface area contributed by atoms with E-state index in [9.17, 15) is 0 Å². The van der Waals surface area contributed by atoms with Crippen LogP contribution in [-0.4, -0.2) is 14.5 Å². The van der Waals surface area contributed by atoms with E-state index in [1.807, 2.05) is 0 Å². The van der Waals surface area contributed by atoms with Gasteiger partial charge < -0.3 is 14.5 Å². The van der Waals surface area contributed by atoms with Gasteiger partial charge in [-0.2, -0.15) is 0 Å². The first-order valence-corrected chi connectivity index (χ1v) is 15.1. The topological polar surface area (TPSA) is 36.5 Å². The average molecular weight is 548 g/mol. The van der Waals surface area contributed by atoms with Gasteiger partial charge in [-0.1, -0.05) is 108 Å². The highest BCUT2D eigenvalue weighted by Crippen LogP contribution is 2.48. The van der Waals surface area contributed by atoms with Crippen molar-refractivity contribution in [3.05, 3.63) is 108 Å². The molecule has 0 atom stereocenters. The molecule has 0 unspecified atom stereocenters. The van der Waals surface area contributed by atoms with Crippen molar-refractivity contribution in [2.24, 2.45) is 0 Å². The minimum absolute atomic E-state index is 0.0337. The van der Waals surface area contributed by atoms with E-state index in [1.165, 1.54) is 82.1 Å². The summed E-state index contributed by atoms with van der Waals surface area (Å²) in [5.74, 6) is 0. The molecule has 0 saturated carbocycles. The number of hydrogen-bond acceptors (Lipinski definition) is 0. The Morgan fingerprint density at radius 3 is 1.40 bits per heavy atom. The van der Waals surface area contributed by atoms with Crippen molar-refractivity contribution in [3.63, 3.8) is 0 Å². The summed E-state index contributed by atoms with van der Waals surface area (Å²) in [7, 11) is 0. The molecule has 0 aliphatic heterocycles. The van der Waals surface area contributed by atoms with Crippen LogP contribution < -0.4 is 0 Å². The zero-order valence-electron chi connectivity index (χ0n) is 25.3. The van der Waals surface area contributed by atoms with E-state index in [2.05, 4.69) is 147 Å². The molecule has 42 heavy (non-hydrogen) atoms. The average Bonchev–Trinajstić information content (AvgIpc) is 3.61. The number of nitrogens with one attached hydrogen (secondary N) is 2. The third-order valence-corrected chi connectivity index (χ3v) is 9.16. The standard InChI is InChI=1S/C39H37N3/c1-38(2,3)26-20-30-34(32-24-16-10-12-18-28(24)40-36(26)32)35-31(42(30)22-23-14-8-7-9-15-23)21-27(39(4,5)6)37-33(35)25-17-11-13-19-29(25)41-37/h7-21,40-41H,22H2,1-6H3. The minimum Gasteiger partial charge on any atom is -0.354 e. The van der Waals surface area contributed by atoms with Crippen molar-refractivity contribution in [1.82, 2.24) is 14.5 Å². The Labute approximate surface area is 246 Å². The van der Waals surface area contributed by atoms with Gasteiger partial charge in [0.15, 0.2) is 0 Å². The number of benzene rings is 5. The molecule has 3 heteroatoms. The maximum Gasteiger partial charge on any atom is 0.0510 e. The van der Waals surface area contributed by atoms with E-state index in [4.69, 9.17) is 0 Å². The van der Waals surface area contributed by atoms with E-state index >= 15 is 0 Å². The number of aromatic amines is 2. The van der Waals surface area contributed by atoms with Crippen molar-refractivity contribution in [2.75, 3.05) is 0 Å². The normalized spacial score (nSPS) is 13.1. The van der Waals surface area contributed by atoms with Crippen molar-refractivity contribution < 1.29 is 0 Å². The van der Waals surface area contributed by atoms with Gasteiger partial charge in [0.25, 0.3) is 0 Å². The van der Waals surface area contributed by atoms with Crippen LogP contribution in [0.15, 0.2) is 91.0 Å². The molecule has 2 N–H and O–H groups in total. The molecule has 0 radical (unpaired) electrons. The molecule has 5 aromatic carbocycles. The third-order valence-electron chi connectivity index (χ3n) is 9.16. The molecule has 8 aromatic rings. The number of H-pyrrole nitrogens is 2. The fourth-order valence-corrected chi connectivity index (χ4v) is 7.21. The van der Waals surface area contributed by atoms with E-state index < -0.39 is 0 Å². The summed E-state index contributed by atoms with van der Waals surface area (Å²) in [5, 5.41) is 7.93. The first kappa shape index (κ1) is 25.2. The molecule has 0 aliphatic rings. The van der Waals surface area contributed by atoms with Crippen molar-refractivity contribution >= 4 is 65.4 Å². The van der Waals surface area contributed by atoms with Gasteiger partial charge in [-0.3, -0.25) is 0 Å². The highest BCUT2D eigenvalue weighted by atomic mass is 15.0. The highest BCUT2D eigenvalue weighted by molar-refractivity contribution is 6.36. The largest absolute Gasteiger partial charge is 0.354 e. The maximum atomic E-state index is 3.87. The number of nitrogens with zero attached hydrogens (tertiary/aromatic N) is 1. The third kappa shape index (κ3) is 3.52. The second kappa shape index (κ2) is 8.51. The molecule has 3 aromatic heterocycles. The van der Waals surface area contributed by atoms with Crippen LogP contribution in [0.5, 0.6) is 0 Å². The molecule has 0 spiro atoms. The van der Waals surface area contributed by atoms with Crippen LogP contribution in [0, 0.1) is 0 Å². The number of aromatic nitrogens is 3. The second-order valence-corrected chi connectivity index (χ2v) is 14.0. The lowest BCUT2D eigenvalue weighted by molar-refractivity contribution is 0.595. The summed E-state index contributed by atoms with van der Waals surface area (Å²) in [4.78, 5) is 7.73. The molecule has 3 nitrogen and oxygen atoms in total. The molecule has 0 amide bonds. The molecule has 8 rings (SSSR count). The Kier molecular flexibility index (Phi) is 5.11. The summed E-state index contributed by atoms with van der Waals surface area (Å²) in [6.07, 6.45) is 0. The Morgan fingerprint density at radius 2 is 0.952 bits per heavy atom. The van der Waals surface area contributed by atoms with Crippen LogP contribution in [0.3, 0.4) is 0 Å². The van der Waals surface area contributed by atoms with Crippen LogP contribution in [0.2, 0.25) is 0 Å². The Bertz CT molecular complexity index is 2180. The van der Waals surface area contributed by atoms with Crippen LogP contribution in [0.4, 0.5) is 0 Å². The van der Waals surface area contributed by atoms with E-state index in [1.54, 1.807) is 0 Å². The monoisotopic (exact) mass is 547 g/mol. The van der Waals surface area contributed by atoms with Crippen LogP contribution in [0.1, 0.15) is 58.2 Å². The fraction of sp³-hybridized carbons (Fsp3) is 0.231. The van der Waals surface area contributed by atoms with Crippen molar-refractivity contribution in [3.8, 4) is 0 Å². The van der Waals surface area contributed by atoms with Crippen molar-refractivity contribution in [2.45, 2.75) is 58.9 Å². The van der Waals surface area contributed by atoms with Gasteiger partial charge in [0.05, 0.1) is 22.1 Å². The number of fused-ring (bicyclic) bond motifs is 11. The zero-order valence-corrected chi connectivity index (χ0v) is 25.3. The Balaban J connectivity index is 1.71. The molecule has 0 aliphatic carbocycles. The van der Waals surface area contributed by atoms with Gasteiger partial charge in [0.2, 0.25) is 0 Å². The molecule has 0 fully saturated rings. The van der Waals surface area contributed by atoms with Crippen molar-refractivity contribution in [1.29, 1.82) is 0 Å². The first-order chi connectivity index (χ1) is 20.1. The van der Waals surface area contributed by atoms with Gasteiger partial charge in [0, 0.05) is 49.9 Å². The molecule has 208 valence electrons. The predicted molar refractivity (Wildman–Crippen MR) is 181 cm³/mol. The SMILES string of the molecule is CC(C)(C)c1cc2c(c3c1[nH]c1ccccc13)c1c3c([nH]c4ccccc43)c(C(C)(C)C)cc1n2Cc1ccccc1. The van der Waals surface area contributed by atoms with Crippen LogP contribution in [-0.2, 0) is 17.4 Å². The predicted octanol–water partition coefficient (Wildman–Crippen LogP) is 10.7. The number of para-hydroxylation sites is 2. The molecule has 0 bridgehead atoms. The van der Waals surface area contributed by atoms with Gasteiger partial charge in [-0.25, -0.2) is 0 Å². The summed E-state index contributed by atoms with van der Waals surface area (Å²) < 4.78 is 2.59. The van der Waals surface area contributed by atoms with Gasteiger partial charge in [-0.15, -0.1) is 0 Å². The lowest BCUT2D eigenvalue weighted by Gasteiger charge is -2.21. The maximum absolute atomic E-state index is 3.87. The summed E-state index contributed by atoms with van der Waals surface area (Å²) in [6.45, 7) is 14.8. The van der Waals surface area contributed by atoms with Gasteiger partial charge in [0.1, 0.15) is 0 Å². The summed E-state index contributed by atoms with van der Waals surface area (Å²) >= 11 is 0. The molecule has 3 heterocycles. The summed E-state index contributed by atoms with van der Waals surface area (Å²) in [5.41, 5.74) is 11.4. The van der Waals surface area contributed by atoms with E-state index in [0.29, 0.717) is 0 Å². The molecular weight excluding hydrogens is 510 g/mol. The second-order valence-electron chi connectivity index (χ2n) is 14.0. The van der Waals surface area contributed by atoms with E-state index in [-0.39, 0.29) is 10.8 Å². The summed E-state index contributed by atoms with van der Waals surface area (Å²) in [6, 6.07) is 33.5. The Morgan fingerprint density at radius 1 is 0.524 bits per heavy atom. The smallest absolute Gasteiger partial charge is 0.0510 e. The first-order valence-electron chi connectivity index (χ1n) is 15.1. The molecular formula is C39H37N3. The lowest BCUT2D eigenvalue weighted by Crippen LogP contribution is -2.13. The highest BCUT2D eigenvalue weighted by Gasteiger charge is 2.29. The number of hydrogen-bond donors (Lipinski definition) is 2. The lowest BCUT2D eigenvalue weighted by atomic mass is 9.83. The quantitative estimate of drug-likeness (QED) is 0.216. The number of rotatable bonds is 2. The van der Waals surface area contributed by atoms with Gasteiger partial charge >= 0.3 is 0 Å². The van der Waals surface area contributed by atoms with E-state index in [0.717, 1.165) is 6.54 Å². The minimum atomic E-state index is -0.0337. The Hall–Kier alpha value is -4.50. The fourth-order valence-electron chi connectivity index (χ4n) is 7.21. The van der Waals surface area contributed by atoms with Crippen LogP contribution >= 0.6 is 0 Å².